The number of hydrogen-bond donors (Lipinski definition) is 1. The summed E-state index contributed by atoms with van der Waals surface area (Å²) >= 11 is 0. The first kappa shape index (κ1) is 12.0. The van der Waals surface area contributed by atoms with Gasteiger partial charge >= 0.3 is 0 Å². The molecule has 1 N–H and O–H groups in total. The molecule has 0 aliphatic carbocycles. The highest BCUT2D eigenvalue weighted by atomic mass is 16.3. The van der Waals surface area contributed by atoms with E-state index in [0.29, 0.717) is 11.1 Å². The van der Waals surface area contributed by atoms with Gasteiger partial charge in [-0.05, 0) is 19.1 Å². The van der Waals surface area contributed by atoms with E-state index in [1.807, 2.05) is 6.92 Å². The van der Waals surface area contributed by atoms with Crippen LogP contribution in [0.25, 0.3) is 11.1 Å². The second kappa shape index (κ2) is 4.44. The predicted octanol–water partition coefficient (Wildman–Crippen LogP) is 1.58. The Morgan fingerprint density at radius 2 is 2.06 bits per heavy atom. The molecule has 1 aromatic carbocycles. The molecule has 5 heteroatoms. The van der Waals surface area contributed by atoms with Gasteiger partial charge in [0.25, 0.3) is 5.56 Å². The molecule has 0 radical (unpaired) electrons. The minimum Gasteiger partial charge on any atom is -0.507 e. The van der Waals surface area contributed by atoms with E-state index in [0.717, 1.165) is 10.2 Å². The Hall–Kier alpha value is -2.43. The fourth-order valence-corrected chi connectivity index (χ4v) is 1.67. The molecule has 92 valence electrons. The van der Waals surface area contributed by atoms with Crippen molar-refractivity contribution in [1.29, 1.82) is 0 Å². The third-order valence-corrected chi connectivity index (χ3v) is 2.56. The van der Waals surface area contributed by atoms with E-state index in [2.05, 4.69) is 5.10 Å². The van der Waals surface area contributed by atoms with Crippen LogP contribution < -0.4 is 5.56 Å². The average molecular weight is 244 g/mol. The molecule has 0 amide bonds. The molecule has 18 heavy (non-hydrogen) atoms. The van der Waals surface area contributed by atoms with Crippen LogP contribution in [0.15, 0.2) is 35.3 Å². The molecule has 5 nitrogen and oxygen atoms in total. The first-order valence-corrected chi connectivity index (χ1v) is 5.39. The molecule has 0 saturated carbocycles. The van der Waals surface area contributed by atoms with Crippen LogP contribution in [-0.2, 0) is 0 Å². The van der Waals surface area contributed by atoms with E-state index >= 15 is 0 Å². The number of carbonyl (C=O) groups is 1. The normalized spacial score (nSPS) is 10.3. The maximum atomic E-state index is 11.6. The lowest BCUT2D eigenvalue weighted by molar-refractivity contribution is 0.0915. The molecular formula is C13H12N2O3. The highest BCUT2D eigenvalue weighted by molar-refractivity contribution is 5.76. The van der Waals surface area contributed by atoms with Gasteiger partial charge in [0.1, 0.15) is 5.75 Å². The van der Waals surface area contributed by atoms with Crippen molar-refractivity contribution in [2.24, 2.45) is 0 Å². The molecule has 2 rings (SSSR count). The topological polar surface area (TPSA) is 72.2 Å². The van der Waals surface area contributed by atoms with E-state index in [1.54, 1.807) is 18.2 Å². The summed E-state index contributed by atoms with van der Waals surface area (Å²) in [4.78, 5) is 22.7. The van der Waals surface area contributed by atoms with Crippen LogP contribution in [0, 0.1) is 6.92 Å². The Labute approximate surface area is 103 Å². The second-order valence-corrected chi connectivity index (χ2v) is 4.03. The number of carbonyl (C=O) groups excluding carboxylic acids is 1. The lowest BCUT2D eigenvalue weighted by Gasteiger charge is -2.06. The zero-order valence-corrected chi connectivity index (χ0v) is 10.0. The third-order valence-electron chi connectivity index (χ3n) is 2.56. The van der Waals surface area contributed by atoms with Crippen molar-refractivity contribution in [3.63, 3.8) is 0 Å². The van der Waals surface area contributed by atoms with E-state index in [-0.39, 0.29) is 5.75 Å². The Morgan fingerprint density at radius 3 is 2.67 bits per heavy atom. The van der Waals surface area contributed by atoms with E-state index in [9.17, 15) is 14.7 Å². The van der Waals surface area contributed by atoms with Crippen LogP contribution in [0.2, 0.25) is 0 Å². The van der Waals surface area contributed by atoms with Gasteiger partial charge in [-0.3, -0.25) is 9.59 Å². The SMILES string of the molecule is CC(=O)n1ncc(-c2cc(C)ccc2O)cc1=O. The molecule has 0 fully saturated rings. The number of nitrogens with zero attached hydrogens (tertiary/aromatic N) is 2. The number of aryl methyl sites for hydroxylation is 1. The molecule has 0 bridgehead atoms. The van der Waals surface area contributed by atoms with Crippen LogP contribution in [0.3, 0.4) is 0 Å². The van der Waals surface area contributed by atoms with E-state index in [4.69, 9.17) is 0 Å². The Balaban J connectivity index is 2.59. The molecule has 0 atom stereocenters. The number of phenolic OH excluding ortho intramolecular Hbond substituents is 1. The maximum absolute atomic E-state index is 11.6. The Morgan fingerprint density at radius 1 is 1.33 bits per heavy atom. The molecule has 1 heterocycles. The van der Waals surface area contributed by atoms with Crippen molar-refractivity contribution in [2.45, 2.75) is 13.8 Å². The highest BCUT2D eigenvalue weighted by Gasteiger charge is 2.08. The molecule has 0 saturated heterocycles. The van der Waals surface area contributed by atoms with E-state index in [1.165, 1.54) is 19.2 Å². The fraction of sp³-hybridized carbons (Fsp3) is 0.154. The molecule has 0 aliphatic heterocycles. The predicted molar refractivity (Wildman–Crippen MR) is 66.6 cm³/mol. The summed E-state index contributed by atoms with van der Waals surface area (Å²) in [5.41, 5.74) is 1.45. The molecule has 0 aliphatic rings. The quantitative estimate of drug-likeness (QED) is 0.826. The molecular weight excluding hydrogens is 232 g/mol. The molecule has 2 aromatic rings. The van der Waals surface area contributed by atoms with Gasteiger partial charge in [0.05, 0.1) is 6.20 Å². The third kappa shape index (κ3) is 2.15. The molecule has 0 spiro atoms. The van der Waals surface area contributed by atoms with Crippen LogP contribution in [0.4, 0.5) is 0 Å². The number of phenols is 1. The van der Waals surface area contributed by atoms with Crippen molar-refractivity contribution < 1.29 is 9.90 Å². The molecule has 1 aromatic heterocycles. The summed E-state index contributed by atoms with van der Waals surface area (Å²) in [7, 11) is 0. The van der Waals surface area contributed by atoms with Crippen LogP contribution in [0.1, 0.15) is 17.3 Å². The summed E-state index contributed by atoms with van der Waals surface area (Å²) in [6, 6.07) is 6.36. The number of rotatable bonds is 1. The Bertz CT molecular complexity index is 674. The van der Waals surface area contributed by atoms with Crippen molar-refractivity contribution in [1.82, 2.24) is 9.78 Å². The second-order valence-electron chi connectivity index (χ2n) is 4.03. The lowest BCUT2D eigenvalue weighted by atomic mass is 10.0. The van der Waals surface area contributed by atoms with Crippen molar-refractivity contribution in [3.8, 4) is 16.9 Å². The number of hydrogen-bond acceptors (Lipinski definition) is 4. The first-order chi connectivity index (χ1) is 8.49. The largest absolute Gasteiger partial charge is 0.507 e. The lowest BCUT2D eigenvalue weighted by Crippen LogP contribution is -2.26. The van der Waals surface area contributed by atoms with Crippen molar-refractivity contribution in [2.75, 3.05) is 0 Å². The summed E-state index contributed by atoms with van der Waals surface area (Å²) in [5, 5.41) is 13.5. The Kier molecular flexibility index (Phi) is 2.97. The first-order valence-electron chi connectivity index (χ1n) is 5.39. The van der Waals surface area contributed by atoms with Crippen LogP contribution in [-0.4, -0.2) is 20.8 Å². The van der Waals surface area contributed by atoms with Crippen molar-refractivity contribution >= 4 is 5.91 Å². The fourth-order valence-electron chi connectivity index (χ4n) is 1.67. The van der Waals surface area contributed by atoms with Gasteiger partial charge in [0.15, 0.2) is 0 Å². The van der Waals surface area contributed by atoms with Gasteiger partial charge in [-0.1, -0.05) is 11.6 Å². The minimum atomic E-state index is -0.513. The number of aromatic nitrogens is 2. The van der Waals surface area contributed by atoms with Crippen LogP contribution in [0.5, 0.6) is 5.75 Å². The van der Waals surface area contributed by atoms with Gasteiger partial charge in [-0.15, -0.1) is 0 Å². The highest BCUT2D eigenvalue weighted by Crippen LogP contribution is 2.28. The average Bonchev–Trinajstić information content (AvgIpc) is 2.31. The zero-order valence-electron chi connectivity index (χ0n) is 10.0. The summed E-state index contributed by atoms with van der Waals surface area (Å²) in [6.45, 7) is 3.14. The smallest absolute Gasteiger partial charge is 0.274 e. The molecule has 0 unspecified atom stereocenters. The summed E-state index contributed by atoms with van der Waals surface area (Å²) in [5.74, 6) is -0.373. The number of benzene rings is 1. The van der Waals surface area contributed by atoms with Gasteiger partial charge in [0.2, 0.25) is 5.91 Å². The van der Waals surface area contributed by atoms with Crippen LogP contribution >= 0.6 is 0 Å². The van der Waals surface area contributed by atoms with Crippen molar-refractivity contribution in [3.05, 3.63) is 46.4 Å². The monoisotopic (exact) mass is 244 g/mol. The van der Waals surface area contributed by atoms with Gasteiger partial charge < -0.3 is 5.11 Å². The maximum Gasteiger partial charge on any atom is 0.274 e. The minimum absolute atomic E-state index is 0.0716. The van der Waals surface area contributed by atoms with Gasteiger partial charge in [0, 0.05) is 24.1 Å². The van der Waals surface area contributed by atoms with Gasteiger partial charge in [-0.2, -0.15) is 9.78 Å². The standard InChI is InChI=1S/C13H12N2O3/c1-8-3-4-12(17)11(5-8)10-6-13(18)15(9(2)16)14-7-10/h3-7,17H,1-2H3. The van der Waals surface area contributed by atoms with Gasteiger partial charge in [-0.25, -0.2) is 0 Å². The van der Waals surface area contributed by atoms with E-state index < -0.39 is 11.5 Å². The number of aromatic hydroxyl groups is 1. The summed E-state index contributed by atoms with van der Waals surface area (Å²) in [6.07, 6.45) is 1.39. The zero-order chi connectivity index (χ0) is 13.3. The summed E-state index contributed by atoms with van der Waals surface area (Å²) < 4.78 is 0.774.